The van der Waals surface area contributed by atoms with Crippen molar-refractivity contribution < 1.29 is 4.79 Å². The van der Waals surface area contributed by atoms with Gasteiger partial charge in [0.15, 0.2) is 5.78 Å². The third-order valence-electron chi connectivity index (χ3n) is 0.641. The zero-order valence-electron chi connectivity index (χ0n) is 4.22. The lowest BCUT2D eigenvalue weighted by Crippen LogP contribution is -1.97. The van der Waals surface area contributed by atoms with E-state index in [2.05, 4.69) is 5.11 Å². The predicted molar refractivity (Wildman–Crippen MR) is 26.0 cm³/mol. The maximum atomic E-state index is 10.2. The number of Topliss-reactive ketones (excluding diaryl/α,β-unsaturated/α-hetero) is 1. The lowest BCUT2D eigenvalue weighted by Gasteiger charge is -1.89. The lowest BCUT2D eigenvalue weighted by molar-refractivity contribution is -0.117. The standard InChI is InChI=1S/C4H7N2O/c1-2-4(7)3-6-5/h2-3H2,1H3/q-1. The van der Waals surface area contributed by atoms with E-state index < -0.39 is 0 Å². The fraction of sp³-hybridized carbons (Fsp3) is 0.750. The Morgan fingerprint density at radius 1 is 1.86 bits per heavy atom. The molecule has 0 aliphatic carbocycles. The van der Waals surface area contributed by atoms with Gasteiger partial charge < -0.3 is 10.6 Å². The van der Waals surface area contributed by atoms with Crippen molar-refractivity contribution in [2.24, 2.45) is 5.11 Å². The molecule has 0 rings (SSSR count). The van der Waals surface area contributed by atoms with Gasteiger partial charge in [-0.1, -0.05) is 6.92 Å². The molecule has 0 aromatic carbocycles. The molecule has 0 fully saturated rings. The molecule has 0 atom stereocenters. The molecule has 0 aromatic rings. The van der Waals surface area contributed by atoms with Gasteiger partial charge in [0.1, 0.15) is 0 Å². The van der Waals surface area contributed by atoms with E-state index in [1.54, 1.807) is 6.92 Å². The Morgan fingerprint density at radius 2 is 2.43 bits per heavy atom. The maximum Gasteiger partial charge on any atom is 0.151 e. The molecule has 0 saturated heterocycles. The van der Waals surface area contributed by atoms with Crippen LogP contribution in [0.2, 0.25) is 0 Å². The van der Waals surface area contributed by atoms with Crippen molar-refractivity contribution >= 4 is 5.78 Å². The lowest BCUT2D eigenvalue weighted by atomic mass is 10.3. The van der Waals surface area contributed by atoms with Gasteiger partial charge in [-0.3, -0.25) is 4.79 Å². The summed E-state index contributed by atoms with van der Waals surface area (Å²) in [6.07, 6.45) is 0.448. The molecule has 3 heteroatoms. The van der Waals surface area contributed by atoms with Crippen LogP contribution in [0, 0.1) is 0 Å². The Bertz CT molecular complexity index is 79.8. The zero-order chi connectivity index (χ0) is 5.70. The molecule has 0 amide bonds. The van der Waals surface area contributed by atoms with E-state index >= 15 is 0 Å². The monoisotopic (exact) mass is 99.1 g/mol. The van der Waals surface area contributed by atoms with E-state index in [1.165, 1.54) is 0 Å². The van der Waals surface area contributed by atoms with Crippen LogP contribution in [0.3, 0.4) is 0 Å². The van der Waals surface area contributed by atoms with E-state index in [0.717, 1.165) is 0 Å². The van der Waals surface area contributed by atoms with Gasteiger partial charge in [-0.05, 0) is 0 Å². The summed E-state index contributed by atoms with van der Waals surface area (Å²) in [7, 11) is 0. The number of carbonyl (C=O) groups is 1. The summed E-state index contributed by atoms with van der Waals surface area (Å²) >= 11 is 0. The van der Waals surface area contributed by atoms with Crippen LogP contribution in [-0.4, -0.2) is 12.3 Å². The minimum absolute atomic E-state index is 0.0394. The van der Waals surface area contributed by atoms with Gasteiger partial charge in [-0.2, -0.15) is 0 Å². The van der Waals surface area contributed by atoms with Gasteiger partial charge in [0.25, 0.3) is 0 Å². The molecular formula is C4H7N2O-. The second kappa shape index (κ2) is 3.46. The second-order valence-corrected chi connectivity index (χ2v) is 1.19. The summed E-state index contributed by atoms with van der Waals surface area (Å²) in [5, 5.41) is 2.66. The fourth-order valence-electron chi connectivity index (χ4n) is 0.191. The molecule has 0 aliphatic heterocycles. The molecule has 0 aliphatic rings. The van der Waals surface area contributed by atoms with Crippen molar-refractivity contribution in [1.29, 1.82) is 0 Å². The Labute approximate surface area is 42.2 Å². The van der Waals surface area contributed by atoms with Crippen molar-refractivity contribution in [2.45, 2.75) is 13.3 Å². The van der Waals surface area contributed by atoms with E-state index in [-0.39, 0.29) is 12.3 Å². The molecule has 0 spiro atoms. The van der Waals surface area contributed by atoms with Crippen LogP contribution in [0.5, 0.6) is 0 Å². The highest BCUT2D eigenvalue weighted by molar-refractivity contribution is 5.80. The largest absolute Gasteiger partial charge is 0.712 e. The molecule has 0 radical (unpaired) electrons. The predicted octanol–water partition coefficient (Wildman–Crippen LogP) is 0.987. The molecule has 0 unspecified atom stereocenters. The summed E-state index contributed by atoms with van der Waals surface area (Å²) in [6, 6.07) is 0. The highest BCUT2D eigenvalue weighted by Gasteiger charge is 1.88. The van der Waals surface area contributed by atoms with Gasteiger partial charge in [-0.25, -0.2) is 0 Å². The topological polar surface area (TPSA) is 51.7 Å². The normalized spacial score (nSPS) is 8.14. The fourth-order valence-corrected chi connectivity index (χ4v) is 0.191. The number of carbonyl (C=O) groups excluding carboxylic acids is 1. The summed E-state index contributed by atoms with van der Waals surface area (Å²) in [6.45, 7) is 1.67. The molecule has 0 N–H and O–H groups in total. The van der Waals surface area contributed by atoms with Gasteiger partial charge in [-0.15, -0.1) is 0 Å². The van der Waals surface area contributed by atoms with Crippen molar-refractivity contribution in [3.8, 4) is 0 Å². The van der Waals surface area contributed by atoms with Crippen LogP contribution in [0.1, 0.15) is 13.3 Å². The molecule has 0 saturated carbocycles. The molecule has 7 heavy (non-hydrogen) atoms. The van der Waals surface area contributed by atoms with Crippen molar-refractivity contribution in [2.75, 3.05) is 6.54 Å². The molecule has 0 aromatic heterocycles. The first-order valence-electron chi connectivity index (χ1n) is 2.13. The minimum Gasteiger partial charge on any atom is -0.712 e. The third kappa shape index (κ3) is 3.09. The summed E-state index contributed by atoms with van der Waals surface area (Å²) < 4.78 is 0. The highest BCUT2D eigenvalue weighted by Crippen LogP contribution is 1.79. The first-order valence-corrected chi connectivity index (χ1v) is 2.13. The van der Waals surface area contributed by atoms with Crippen molar-refractivity contribution in [1.82, 2.24) is 0 Å². The summed E-state index contributed by atoms with van der Waals surface area (Å²) in [5.41, 5.74) is 7.77. The van der Waals surface area contributed by atoms with Gasteiger partial charge >= 0.3 is 0 Å². The third-order valence-corrected chi connectivity index (χ3v) is 0.641. The number of hydrogen-bond acceptors (Lipinski definition) is 2. The van der Waals surface area contributed by atoms with Crippen LogP contribution in [0.15, 0.2) is 5.11 Å². The molecule has 0 bridgehead atoms. The van der Waals surface area contributed by atoms with Gasteiger partial charge in [0.05, 0.1) is 6.54 Å². The van der Waals surface area contributed by atoms with Crippen LogP contribution in [-0.2, 0) is 4.79 Å². The van der Waals surface area contributed by atoms with E-state index in [0.29, 0.717) is 6.42 Å². The highest BCUT2D eigenvalue weighted by atomic mass is 16.1. The van der Waals surface area contributed by atoms with E-state index in [4.69, 9.17) is 5.53 Å². The number of rotatable bonds is 3. The molecule has 3 nitrogen and oxygen atoms in total. The Morgan fingerprint density at radius 3 is 2.57 bits per heavy atom. The number of hydrogen-bond donors (Lipinski definition) is 0. The number of nitrogens with zero attached hydrogens (tertiary/aromatic N) is 2. The Kier molecular flexibility index (Phi) is 3.10. The second-order valence-electron chi connectivity index (χ2n) is 1.19. The molecular weight excluding hydrogens is 92.1 g/mol. The van der Waals surface area contributed by atoms with Gasteiger partial charge in [0.2, 0.25) is 0 Å². The zero-order valence-corrected chi connectivity index (χ0v) is 4.22. The number of ketones is 1. The smallest absolute Gasteiger partial charge is 0.151 e. The van der Waals surface area contributed by atoms with Crippen molar-refractivity contribution in [3.63, 3.8) is 0 Å². The van der Waals surface area contributed by atoms with Crippen LogP contribution < -0.4 is 0 Å². The van der Waals surface area contributed by atoms with Crippen LogP contribution in [0.4, 0.5) is 0 Å². The Hall–Kier alpha value is -0.730. The maximum absolute atomic E-state index is 10.2. The first kappa shape index (κ1) is 6.27. The van der Waals surface area contributed by atoms with E-state index in [9.17, 15) is 4.79 Å². The average Bonchev–Trinajstić information content (AvgIpc) is 1.68. The molecule has 40 valence electrons. The van der Waals surface area contributed by atoms with E-state index in [1.807, 2.05) is 0 Å². The Balaban J connectivity index is 3.17. The summed E-state index contributed by atoms with van der Waals surface area (Å²) in [4.78, 5) is 10.2. The minimum atomic E-state index is -0.0590. The van der Waals surface area contributed by atoms with Crippen LogP contribution in [0.25, 0.3) is 5.53 Å². The molecule has 0 heterocycles. The average molecular weight is 99.1 g/mol. The van der Waals surface area contributed by atoms with Crippen LogP contribution >= 0.6 is 0 Å². The SMILES string of the molecule is CCC(=O)CN=[N-]. The first-order chi connectivity index (χ1) is 3.31. The van der Waals surface area contributed by atoms with Gasteiger partial charge in [0, 0.05) is 6.42 Å². The quantitative estimate of drug-likeness (QED) is 0.486. The van der Waals surface area contributed by atoms with Crippen molar-refractivity contribution in [3.05, 3.63) is 5.53 Å². The summed E-state index contributed by atoms with van der Waals surface area (Å²) in [5.74, 6) is -0.0394.